The number of H-pyrrole nitrogens is 2. The Balaban J connectivity index is 1.61. The van der Waals surface area contributed by atoms with Crippen LogP contribution in [0.2, 0.25) is 0 Å². The van der Waals surface area contributed by atoms with Gasteiger partial charge in [0.1, 0.15) is 0 Å². The van der Waals surface area contributed by atoms with Gasteiger partial charge in [-0.05, 0) is 62.5 Å². The second-order valence-corrected chi connectivity index (χ2v) is 6.79. The zero-order chi connectivity index (χ0) is 20.4. The highest BCUT2D eigenvalue weighted by atomic mass is 32.1. The molecule has 2 aromatic carbocycles. The smallest absolute Gasteiger partial charge is 0.299 e. The highest BCUT2D eigenvalue weighted by molar-refractivity contribution is 7.71. The van der Waals surface area contributed by atoms with E-state index in [0.717, 1.165) is 23.6 Å². The first-order valence-electron chi connectivity index (χ1n) is 9.13. The minimum Gasteiger partial charge on any atom is -0.300 e. The molecule has 4 aromatic rings. The van der Waals surface area contributed by atoms with Crippen LogP contribution < -0.4 is 5.56 Å². The van der Waals surface area contributed by atoms with E-state index in [0.29, 0.717) is 16.2 Å². The third-order valence-corrected chi connectivity index (χ3v) is 4.83. The van der Waals surface area contributed by atoms with Gasteiger partial charge in [0, 0.05) is 12.1 Å². The fourth-order valence-electron chi connectivity index (χ4n) is 3.03. The molecule has 29 heavy (non-hydrogen) atoms. The highest BCUT2D eigenvalue weighted by Crippen LogP contribution is 2.23. The van der Waals surface area contributed by atoms with Crippen LogP contribution in [-0.2, 0) is 6.54 Å². The summed E-state index contributed by atoms with van der Waals surface area (Å²) in [5, 5.41) is 18.5. The standard InChI is InChI=1S/C20H19N7OS/c1-3-26-18(23-24-20(26)29)14-9-11-15(12-10-14)21-22-17-13(2)25-27(19(17)28)16-7-5-4-6-8-16/h4-12,25H,3H2,1-2H3,(H,24,29). The lowest BCUT2D eigenvalue weighted by Crippen LogP contribution is -2.13. The van der Waals surface area contributed by atoms with E-state index < -0.39 is 0 Å². The monoisotopic (exact) mass is 405 g/mol. The van der Waals surface area contributed by atoms with Gasteiger partial charge in [-0.15, -0.1) is 5.11 Å². The summed E-state index contributed by atoms with van der Waals surface area (Å²) in [6, 6.07) is 16.8. The average molecular weight is 405 g/mol. The highest BCUT2D eigenvalue weighted by Gasteiger charge is 2.12. The maximum atomic E-state index is 12.7. The summed E-state index contributed by atoms with van der Waals surface area (Å²) in [7, 11) is 0. The van der Waals surface area contributed by atoms with Gasteiger partial charge in [-0.3, -0.25) is 15.0 Å². The quantitative estimate of drug-likeness (QED) is 0.368. The van der Waals surface area contributed by atoms with Crippen LogP contribution in [0.3, 0.4) is 0 Å². The molecule has 0 bridgehead atoms. The number of para-hydroxylation sites is 1. The zero-order valence-corrected chi connectivity index (χ0v) is 16.8. The first-order chi connectivity index (χ1) is 14.1. The van der Waals surface area contributed by atoms with Gasteiger partial charge in [-0.1, -0.05) is 18.2 Å². The Morgan fingerprint density at radius 2 is 1.79 bits per heavy atom. The third-order valence-electron chi connectivity index (χ3n) is 4.52. The Hall–Kier alpha value is -3.59. The lowest BCUT2D eigenvalue weighted by Gasteiger charge is -2.03. The molecule has 0 unspecified atom stereocenters. The molecule has 8 nitrogen and oxygen atoms in total. The van der Waals surface area contributed by atoms with E-state index in [1.54, 1.807) is 6.92 Å². The Labute approximate surface area is 171 Å². The van der Waals surface area contributed by atoms with Crippen molar-refractivity contribution in [2.45, 2.75) is 20.4 Å². The Morgan fingerprint density at radius 3 is 2.48 bits per heavy atom. The number of hydrogen-bond donors (Lipinski definition) is 2. The van der Waals surface area contributed by atoms with Crippen molar-refractivity contribution in [2.75, 3.05) is 0 Å². The number of hydrogen-bond acceptors (Lipinski definition) is 5. The molecule has 146 valence electrons. The molecule has 0 saturated heterocycles. The maximum absolute atomic E-state index is 12.7. The van der Waals surface area contributed by atoms with Crippen LogP contribution in [-0.4, -0.2) is 24.5 Å². The summed E-state index contributed by atoms with van der Waals surface area (Å²) in [4.78, 5) is 12.7. The molecule has 0 aliphatic rings. The number of rotatable bonds is 5. The van der Waals surface area contributed by atoms with Crippen molar-refractivity contribution in [1.82, 2.24) is 24.5 Å². The van der Waals surface area contributed by atoms with Gasteiger partial charge in [0.25, 0.3) is 5.56 Å². The van der Waals surface area contributed by atoms with Crippen molar-refractivity contribution in [3.63, 3.8) is 0 Å². The molecule has 0 amide bonds. The molecule has 0 saturated carbocycles. The fraction of sp³-hybridized carbons (Fsp3) is 0.150. The number of nitrogens with one attached hydrogen (secondary N) is 2. The number of nitrogens with zero attached hydrogens (tertiary/aromatic N) is 5. The molecule has 0 spiro atoms. The van der Waals surface area contributed by atoms with Crippen LogP contribution in [0.25, 0.3) is 17.1 Å². The molecule has 0 radical (unpaired) electrons. The van der Waals surface area contributed by atoms with Gasteiger partial charge in [0.2, 0.25) is 0 Å². The minimum atomic E-state index is -0.243. The molecule has 9 heteroatoms. The SMILES string of the molecule is CCn1c(-c2ccc(N=Nc3c(C)[nH]n(-c4ccccc4)c3=O)cc2)n[nH]c1=S. The van der Waals surface area contributed by atoms with Gasteiger partial charge in [-0.25, -0.2) is 4.68 Å². The first kappa shape index (κ1) is 18.8. The summed E-state index contributed by atoms with van der Waals surface area (Å²) in [6.07, 6.45) is 0. The lowest BCUT2D eigenvalue weighted by atomic mass is 10.2. The summed E-state index contributed by atoms with van der Waals surface area (Å²) >= 11 is 5.23. The van der Waals surface area contributed by atoms with Gasteiger partial charge >= 0.3 is 0 Å². The third kappa shape index (κ3) is 3.59. The average Bonchev–Trinajstić information content (AvgIpc) is 3.26. The predicted molar refractivity (Wildman–Crippen MR) is 114 cm³/mol. The van der Waals surface area contributed by atoms with Gasteiger partial charge < -0.3 is 4.57 Å². The van der Waals surface area contributed by atoms with Crippen molar-refractivity contribution >= 4 is 23.6 Å². The van der Waals surface area contributed by atoms with Gasteiger partial charge in [-0.2, -0.15) is 10.2 Å². The molecule has 0 aliphatic heterocycles. The molecule has 2 aromatic heterocycles. The molecule has 2 N–H and O–H groups in total. The summed E-state index contributed by atoms with van der Waals surface area (Å²) < 4.78 is 3.96. The number of aromatic amines is 2. The van der Waals surface area contributed by atoms with Crippen LogP contribution in [0.4, 0.5) is 11.4 Å². The van der Waals surface area contributed by atoms with Crippen molar-refractivity contribution in [3.05, 3.63) is 75.4 Å². The van der Waals surface area contributed by atoms with Crippen molar-refractivity contribution in [3.8, 4) is 17.1 Å². The maximum Gasteiger partial charge on any atom is 0.299 e. The van der Waals surface area contributed by atoms with Crippen molar-refractivity contribution < 1.29 is 0 Å². The molecule has 0 atom stereocenters. The predicted octanol–water partition coefficient (Wildman–Crippen LogP) is 4.83. The Bertz CT molecular complexity index is 1280. The van der Waals surface area contributed by atoms with Crippen LogP contribution in [0.1, 0.15) is 12.6 Å². The van der Waals surface area contributed by atoms with Gasteiger partial charge in [0.15, 0.2) is 16.3 Å². The Kier molecular flexibility index (Phi) is 5.05. The van der Waals surface area contributed by atoms with E-state index in [2.05, 4.69) is 25.5 Å². The van der Waals surface area contributed by atoms with E-state index in [1.165, 1.54) is 4.68 Å². The second-order valence-electron chi connectivity index (χ2n) is 6.41. The van der Waals surface area contributed by atoms with Crippen molar-refractivity contribution in [1.29, 1.82) is 0 Å². The first-order valence-corrected chi connectivity index (χ1v) is 9.53. The van der Waals surface area contributed by atoms with Gasteiger partial charge in [0.05, 0.1) is 17.1 Å². The molecule has 0 aliphatic carbocycles. The number of azo groups is 1. The zero-order valence-electron chi connectivity index (χ0n) is 16.0. The van der Waals surface area contributed by atoms with E-state index in [4.69, 9.17) is 12.2 Å². The van der Waals surface area contributed by atoms with Crippen molar-refractivity contribution in [2.24, 2.45) is 10.2 Å². The fourth-order valence-corrected chi connectivity index (χ4v) is 3.29. The van der Waals surface area contributed by atoms with Crippen LogP contribution in [0.15, 0.2) is 69.6 Å². The molecule has 4 rings (SSSR count). The van der Waals surface area contributed by atoms with Crippen LogP contribution >= 0.6 is 12.2 Å². The summed E-state index contributed by atoms with van der Waals surface area (Å²) in [5.41, 5.74) is 2.99. The summed E-state index contributed by atoms with van der Waals surface area (Å²) in [6.45, 7) is 4.54. The van der Waals surface area contributed by atoms with Crippen LogP contribution in [0.5, 0.6) is 0 Å². The second kappa shape index (κ2) is 7.80. The van der Waals surface area contributed by atoms with Crippen LogP contribution in [0, 0.1) is 11.7 Å². The van der Waals surface area contributed by atoms with E-state index in [1.807, 2.05) is 66.1 Å². The summed E-state index contributed by atoms with van der Waals surface area (Å²) in [5.74, 6) is 0.771. The Morgan fingerprint density at radius 1 is 1.07 bits per heavy atom. The number of aryl methyl sites for hydroxylation is 1. The number of benzene rings is 2. The minimum absolute atomic E-state index is 0.243. The largest absolute Gasteiger partial charge is 0.300 e. The molecule has 2 heterocycles. The number of aromatic nitrogens is 5. The molecular weight excluding hydrogens is 386 g/mol. The lowest BCUT2D eigenvalue weighted by molar-refractivity contribution is 0.755. The normalized spacial score (nSPS) is 11.4. The van der Waals surface area contributed by atoms with E-state index in [-0.39, 0.29) is 11.2 Å². The molecular formula is C20H19N7OS. The topological polar surface area (TPSA) is 96.1 Å². The molecule has 0 fully saturated rings. The van der Waals surface area contributed by atoms with E-state index >= 15 is 0 Å². The van der Waals surface area contributed by atoms with E-state index in [9.17, 15) is 4.79 Å².